The smallest absolute Gasteiger partial charge is 0.234 e. The SMILES string of the molecule is CC(NC(=O)CN1CCc2n[nH]nc2C1)c1cccs1. The molecule has 7 heteroatoms. The first kappa shape index (κ1) is 13.3. The molecule has 1 aliphatic rings. The average molecular weight is 291 g/mol. The van der Waals surface area contributed by atoms with Gasteiger partial charge in [-0.3, -0.25) is 9.69 Å². The number of carbonyl (C=O) groups is 1. The normalized spacial score (nSPS) is 16.6. The van der Waals surface area contributed by atoms with Crippen LogP contribution < -0.4 is 5.32 Å². The van der Waals surface area contributed by atoms with Crippen molar-refractivity contribution in [3.8, 4) is 0 Å². The molecule has 0 aliphatic carbocycles. The number of carbonyl (C=O) groups excluding carboxylic acids is 1. The van der Waals surface area contributed by atoms with Crippen molar-refractivity contribution in [3.05, 3.63) is 33.8 Å². The summed E-state index contributed by atoms with van der Waals surface area (Å²) in [6.45, 7) is 3.95. The van der Waals surface area contributed by atoms with Crippen molar-refractivity contribution in [1.29, 1.82) is 0 Å². The lowest BCUT2D eigenvalue weighted by molar-refractivity contribution is -0.123. The molecule has 2 N–H and O–H groups in total. The Morgan fingerprint density at radius 3 is 3.20 bits per heavy atom. The second-order valence-electron chi connectivity index (χ2n) is 4.98. The second kappa shape index (κ2) is 5.72. The Hall–Kier alpha value is -1.73. The number of H-pyrrole nitrogens is 1. The van der Waals surface area contributed by atoms with E-state index >= 15 is 0 Å². The summed E-state index contributed by atoms with van der Waals surface area (Å²) in [5.41, 5.74) is 1.98. The molecule has 0 bridgehead atoms. The summed E-state index contributed by atoms with van der Waals surface area (Å²) in [5, 5.41) is 15.9. The Balaban J connectivity index is 1.52. The topological polar surface area (TPSA) is 73.9 Å². The lowest BCUT2D eigenvalue weighted by Gasteiger charge is -2.25. The van der Waals surface area contributed by atoms with Gasteiger partial charge >= 0.3 is 0 Å². The van der Waals surface area contributed by atoms with Gasteiger partial charge in [0.05, 0.1) is 24.0 Å². The Kier molecular flexibility index (Phi) is 3.79. The number of fused-ring (bicyclic) bond motifs is 1. The first-order valence-electron chi connectivity index (χ1n) is 6.66. The molecule has 106 valence electrons. The average Bonchev–Trinajstić information content (AvgIpc) is 3.09. The van der Waals surface area contributed by atoms with Crippen LogP contribution in [0.2, 0.25) is 0 Å². The molecular weight excluding hydrogens is 274 g/mol. The van der Waals surface area contributed by atoms with Crippen LogP contribution in [0.5, 0.6) is 0 Å². The highest BCUT2D eigenvalue weighted by atomic mass is 32.1. The van der Waals surface area contributed by atoms with Crippen LogP contribution in [0, 0.1) is 0 Å². The van der Waals surface area contributed by atoms with Gasteiger partial charge in [-0.2, -0.15) is 15.4 Å². The van der Waals surface area contributed by atoms with Crippen molar-refractivity contribution >= 4 is 17.2 Å². The predicted octanol–water partition coefficient (Wildman–Crippen LogP) is 1.10. The molecule has 3 heterocycles. The summed E-state index contributed by atoms with van der Waals surface area (Å²) >= 11 is 1.66. The van der Waals surface area contributed by atoms with E-state index in [4.69, 9.17) is 0 Å². The molecule has 0 fully saturated rings. The van der Waals surface area contributed by atoms with Gasteiger partial charge in [-0.15, -0.1) is 11.3 Å². The monoisotopic (exact) mass is 291 g/mol. The van der Waals surface area contributed by atoms with Crippen LogP contribution in [0.25, 0.3) is 0 Å². The van der Waals surface area contributed by atoms with Gasteiger partial charge in [-0.25, -0.2) is 0 Å². The fourth-order valence-corrected chi connectivity index (χ4v) is 3.12. The Bertz CT molecular complexity index is 579. The summed E-state index contributed by atoms with van der Waals surface area (Å²) in [5.74, 6) is 0.0536. The minimum absolute atomic E-state index is 0.0536. The zero-order chi connectivity index (χ0) is 13.9. The maximum Gasteiger partial charge on any atom is 0.234 e. The fraction of sp³-hybridized carbons (Fsp3) is 0.462. The van der Waals surface area contributed by atoms with E-state index in [1.54, 1.807) is 11.3 Å². The summed E-state index contributed by atoms with van der Waals surface area (Å²) in [7, 11) is 0. The molecule has 1 aliphatic heterocycles. The third-order valence-electron chi connectivity index (χ3n) is 3.46. The van der Waals surface area contributed by atoms with E-state index in [2.05, 4.69) is 25.6 Å². The molecule has 2 aromatic heterocycles. The number of hydrogen-bond donors (Lipinski definition) is 2. The van der Waals surface area contributed by atoms with Crippen molar-refractivity contribution < 1.29 is 4.79 Å². The van der Waals surface area contributed by atoms with Crippen molar-refractivity contribution in [3.63, 3.8) is 0 Å². The van der Waals surface area contributed by atoms with Crippen molar-refractivity contribution in [2.24, 2.45) is 0 Å². The third-order valence-corrected chi connectivity index (χ3v) is 4.51. The number of aromatic nitrogens is 3. The van der Waals surface area contributed by atoms with E-state index in [-0.39, 0.29) is 11.9 Å². The van der Waals surface area contributed by atoms with Gasteiger partial charge in [0.1, 0.15) is 0 Å². The van der Waals surface area contributed by atoms with Crippen LogP contribution in [0.15, 0.2) is 17.5 Å². The molecule has 6 nitrogen and oxygen atoms in total. The van der Waals surface area contributed by atoms with Crippen molar-refractivity contribution in [2.45, 2.75) is 25.9 Å². The Morgan fingerprint density at radius 2 is 2.40 bits per heavy atom. The van der Waals surface area contributed by atoms with E-state index < -0.39 is 0 Å². The lowest BCUT2D eigenvalue weighted by atomic mass is 10.1. The number of nitrogens with zero attached hydrogens (tertiary/aromatic N) is 3. The molecule has 0 aromatic carbocycles. The third kappa shape index (κ3) is 2.88. The van der Waals surface area contributed by atoms with Crippen LogP contribution in [0.3, 0.4) is 0 Å². The van der Waals surface area contributed by atoms with E-state index in [0.717, 1.165) is 24.4 Å². The Morgan fingerprint density at radius 1 is 1.55 bits per heavy atom. The number of rotatable bonds is 4. The van der Waals surface area contributed by atoms with Gasteiger partial charge in [0.2, 0.25) is 5.91 Å². The second-order valence-corrected chi connectivity index (χ2v) is 5.96. The molecule has 2 aromatic rings. The van der Waals surface area contributed by atoms with Gasteiger partial charge in [0.15, 0.2) is 0 Å². The number of nitrogens with one attached hydrogen (secondary N) is 2. The molecule has 0 saturated heterocycles. The quantitative estimate of drug-likeness (QED) is 0.885. The van der Waals surface area contributed by atoms with Gasteiger partial charge < -0.3 is 5.32 Å². The van der Waals surface area contributed by atoms with Gasteiger partial charge in [0.25, 0.3) is 0 Å². The minimum Gasteiger partial charge on any atom is -0.348 e. The molecule has 1 unspecified atom stereocenters. The predicted molar refractivity (Wildman–Crippen MR) is 76.2 cm³/mol. The first-order valence-corrected chi connectivity index (χ1v) is 7.54. The minimum atomic E-state index is 0.0536. The fourth-order valence-electron chi connectivity index (χ4n) is 2.39. The number of thiophene rings is 1. The number of hydrogen-bond acceptors (Lipinski definition) is 5. The first-order chi connectivity index (χ1) is 9.72. The molecule has 0 radical (unpaired) electrons. The largest absolute Gasteiger partial charge is 0.348 e. The molecule has 0 spiro atoms. The number of aromatic amines is 1. The van der Waals surface area contributed by atoms with E-state index in [1.165, 1.54) is 4.88 Å². The lowest BCUT2D eigenvalue weighted by Crippen LogP contribution is -2.40. The van der Waals surface area contributed by atoms with E-state index in [0.29, 0.717) is 13.1 Å². The Labute approximate surface area is 121 Å². The molecule has 3 rings (SSSR count). The highest BCUT2D eigenvalue weighted by Gasteiger charge is 2.22. The van der Waals surface area contributed by atoms with E-state index in [9.17, 15) is 4.79 Å². The van der Waals surface area contributed by atoms with Gasteiger partial charge in [0, 0.05) is 24.4 Å². The standard InChI is InChI=1S/C13H17N5OS/c1-9(12-3-2-6-20-12)14-13(19)8-18-5-4-10-11(7-18)16-17-15-10/h2-3,6,9H,4-5,7-8H2,1H3,(H,14,19)(H,15,16,17). The molecule has 20 heavy (non-hydrogen) atoms. The van der Waals surface area contributed by atoms with Crippen LogP contribution in [0.4, 0.5) is 0 Å². The molecule has 0 saturated carbocycles. The molecule has 1 atom stereocenters. The van der Waals surface area contributed by atoms with Crippen molar-refractivity contribution in [2.75, 3.05) is 13.1 Å². The van der Waals surface area contributed by atoms with Crippen molar-refractivity contribution in [1.82, 2.24) is 25.6 Å². The number of amides is 1. The maximum absolute atomic E-state index is 12.1. The molecule has 1 amide bonds. The summed E-state index contributed by atoms with van der Waals surface area (Å²) in [6, 6.07) is 4.10. The highest BCUT2D eigenvalue weighted by Crippen LogP contribution is 2.18. The highest BCUT2D eigenvalue weighted by molar-refractivity contribution is 7.10. The van der Waals surface area contributed by atoms with Crippen LogP contribution in [-0.4, -0.2) is 39.3 Å². The van der Waals surface area contributed by atoms with Gasteiger partial charge in [-0.1, -0.05) is 6.07 Å². The van der Waals surface area contributed by atoms with Crippen LogP contribution in [0.1, 0.15) is 29.2 Å². The summed E-state index contributed by atoms with van der Waals surface area (Å²) < 4.78 is 0. The summed E-state index contributed by atoms with van der Waals surface area (Å²) in [6.07, 6.45) is 0.847. The zero-order valence-electron chi connectivity index (χ0n) is 11.3. The van der Waals surface area contributed by atoms with Crippen LogP contribution >= 0.6 is 11.3 Å². The molecular formula is C13H17N5OS. The van der Waals surface area contributed by atoms with Crippen LogP contribution in [-0.2, 0) is 17.8 Å². The zero-order valence-corrected chi connectivity index (χ0v) is 12.1. The van der Waals surface area contributed by atoms with Gasteiger partial charge in [-0.05, 0) is 18.4 Å². The van der Waals surface area contributed by atoms with E-state index in [1.807, 2.05) is 24.4 Å². The maximum atomic E-state index is 12.1. The summed E-state index contributed by atoms with van der Waals surface area (Å²) in [4.78, 5) is 15.4.